The molecule has 2 aliphatic rings. The van der Waals surface area contributed by atoms with Crippen LogP contribution in [0.4, 0.5) is 30.4 Å². The molecule has 0 radical (unpaired) electrons. The van der Waals surface area contributed by atoms with E-state index in [0.29, 0.717) is 23.1 Å². The van der Waals surface area contributed by atoms with Gasteiger partial charge in [-0.15, -0.1) is 0 Å². The summed E-state index contributed by atoms with van der Waals surface area (Å²) >= 11 is 0. The maximum absolute atomic E-state index is 13.4. The Bertz CT molecular complexity index is 1300. The number of rotatable bonds is 6. The summed E-state index contributed by atoms with van der Waals surface area (Å²) in [5, 5.41) is 4.29. The highest BCUT2D eigenvalue weighted by molar-refractivity contribution is 5.96. The van der Waals surface area contributed by atoms with Crippen molar-refractivity contribution < 1.29 is 17.9 Å². The number of ether oxygens (including phenoxy) is 1. The van der Waals surface area contributed by atoms with Crippen LogP contribution in [-0.2, 0) is 23.8 Å². The van der Waals surface area contributed by atoms with E-state index in [9.17, 15) is 13.2 Å². The zero-order chi connectivity index (χ0) is 26.3. The number of hydrogen-bond donors (Lipinski definition) is 2. The van der Waals surface area contributed by atoms with Crippen LogP contribution in [0.1, 0.15) is 60.3 Å². The number of fused-ring (bicyclic) bond motifs is 3. The van der Waals surface area contributed by atoms with Crippen molar-refractivity contribution in [3.8, 4) is 0 Å². The Morgan fingerprint density at radius 3 is 2.54 bits per heavy atom. The quantitative estimate of drug-likeness (QED) is 0.390. The highest BCUT2D eigenvalue weighted by Crippen LogP contribution is 2.41. The van der Waals surface area contributed by atoms with Crippen molar-refractivity contribution in [3.05, 3.63) is 52.3 Å². The van der Waals surface area contributed by atoms with Crippen molar-refractivity contribution in [2.24, 2.45) is 5.92 Å². The number of nitrogen functional groups attached to an aromatic ring is 1. The van der Waals surface area contributed by atoms with Crippen molar-refractivity contribution in [3.63, 3.8) is 0 Å². The second-order valence-corrected chi connectivity index (χ2v) is 10.4. The number of aryl methyl sites for hydroxylation is 2. The number of methoxy groups -OCH3 is 1. The molecule has 5 rings (SSSR count). The zero-order valence-corrected chi connectivity index (χ0v) is 21.6. The van der Waals surface area contributed by atoms with Gasteiger partial charge >= 0.3 is 6.18 Å². The molecule has 1 saturated heterocycles. The number of nitrogens with zero attached hydrogens (tertiary/aromatic N) is 3. The first-order chi connectivity index (χ1) is 17.6. The second kappa shape index (κ2) is 10.0. The Hall–Kier alpha value is -3.07. The van der Waals surface area contributed by atoms with Gasteiger partial charge < -0.3 is 20.7 Å². The van der Waals surface area contributed by atoms with E-state index in [-0.39, 0.29) is 5.69 Å². The van der Waals surface area contributed by atoms with E-state index in [2.05, 4.69) is 16.3 Å². The molecule has 0 bridgehead atoms. The first-order valence-corrected chi connectivity index (χ1v) is 12.9. The summed E-state index contributed by atoms with van der Waals surface area (Å²) in [5.74, 6) is 1.85. The lowest BCUT2D eigenvalue weighted by molar-refractivity contribution is -0.137. The Kier molecular flexibility index (Phi) is 6.91. The first kappa shape index (κ1) is 25.6. The van der Waals surface area contributed by atoms with Gasteiger partial charge in [-0.1, -0.05) is 0 Å². The number of benzene rings is 2. The molecule has 3 N–H and O–H groups in total. The minimum Gasteiger partial charge on any atom is -0.399 e. The van der Waals surface area contributed by atoms with Gasteiger partial charge in [0.25, 0.3) is 0 Å². The molecule has 9 heteroatoms. The smallest absolute Gasteiger partial charge is 0.399 e. The van der Waals surface area contributed by atoms with Gasteiger partial charge in [-0.3, -0.25) is 0 Å². The van der Waals surface area contributed by atoms with Gasteiger partial charge in [0.15, 0.2) is 0 Å². The summed E-state index contributed by atoms with van der Waals surface area (Å²) in [6, 6.07) is 5.44. The molecule has 198 valence electrons. The summed E-state index contributed by atoms with van der Waals surface area (Å²) in [7, 11) is 1.76. The number of hydrogen-bond acceptors (Lipinski definition) is 6. The number of piperidine rings is 1. The van der Waals surface area contributed by atoms with Crippen LogP contribution in [0.15, 0.2) is 24.3 Å². The molecular weight excluding hydrogens is 479 g/mol. The van der Waals surface area contributed by atoms with Crippen molar-refractivity contribution in [1.29, 1.82) is 0 Å². The fraction of sp³-hybridized carbons (Fsp3) is 0.500. The highest BCUT2D eigenvalue weighted by atomic mass is 19.4. The average Bonchev–Trinajstić information content (AvgIpc) is 3.34. The highest BCUT2D eigenvalue weighted by Gasteiger charge is 2.32. The van der Waals surface area contributed by atoms with E-state index >= 15 is 0 Å². The number of alkyl halides is 3. The van der Waals surface area contributed by atoms with Gasteiger partial charge in [0.05, 0.1) is 17.1 Å². The average molecular weight is 514 g/mol. The molecule has 0 saturated carbocycles. The second-order valence-electron chi connectivity index (χ2n) is 10.4. The number of anilines is 3. The standard InChI is InChI=1S/C28H34F3N5O/c1-16(19-11-20(28(29,30)31)13-21(32)12-19)33-27-24-14-25(36-9-7-18(8-10-36)15-37-3)22-5-4-6-23(22)26(24)34-17(2)35-27/h11-14,16,18H,4-10,15,32H2,1-3H3,(H,33,34,35). The normalized spacial score (nSPS) is 17.3. The third kappa shape index (κ3) is 5.19. The monoisotopic (exact) mass is 513 g/mol. The summed E-state index contributed by atoms with van der Waals surface area (Å²) < 4.78 is 45.6. The molecule has 1 fully saturated rings. The van der Waals surface area contributed by atoms with Gasteiger partial charge in [-0.05, 0) is 92.8 Å². The molecular formula is C28H34F3N5O. The molecule has 1 atom stereocenters. The Balaban J connectivity index is 1.53. The van der Waals surface area contributed by atoms with Crippen molar-refractivity contribution in [2.75, 3.05) is 42.8 Å². The summed E-state index contributed by atoms with van der Waals surface area (Å²) in [5.41, 5.74) is 10.4. The van der Waals surface area contributed by atoms with Gasteiger partial charge in [0.2, 0.25) is 0 Å². The van der Waals surface area contributed by atoms with Gasteiger partial charge in [-0.2, -0.15) is 13.2 Å². The maximum atomic E-state index is 13.4. The summed E-state index contributed by atoms with van der Waals surface area (Å²) in [6.07, 6.45) is 0.801. The Labute approximate surface area is 215 Å². The van der Waals surface area contributed by atoms with Crippen molar-refractivity contribution in [1.82, 2.24) is 9.97 Å². The number of nitrogens with one attached hydrogen (secondary N) is 1. The van der Waals surface area contributed by atoms with Crippen LogP contribution in [0, 0.1) is 12.8 Å². The predicted octanol–water partition coefficient (Wildman–Crippen LogP) is 6.06. The molecule has 2 aromatic carbocycles. The summed E-state index contributed by atoms with van der Waals surface area (Å²) in [4.78, 5) is 12.0. The molecule has 1 unspecified atom stereocenters. The SMILES string of the molecule is COCC1CCN(c2cc3c(NC(C)c4cc(N)cc(C(F)(F)F)c4)nc(C)nc3c3c2CCC3)CC1. The van der Waals surface area contributed by atoms with Crippen LogP contribution in [-0.4, -0.2) is 36.8 Å². The minimum atomic E-state index is -4.46. The van der Waals surface area contributed by atoms with E-state index in [1.165, 1.54) is 16.8 Å². The fourth-order valence-corrected chi connectivity index (χ4v) is 5.81. The lowest BCUT2D eigenvalue weighted by Crippen LogP contribution is -2.35. The van der Waals surface area contributed by atoms with Crippen LogP contribution < -0.4 is 16.0 Å². The predicted molar refractivity (Wildman–Crippen MR) is 141 cm³/mol. The summed E-state index contributed by atoms with van der Waals surface area (Å²) in [6.45, 7) is 6.42. The molecule has 1 aliphatic heterocycles. The van der Waals surface area contributed by atoms with E-state index in [0.717, 1.165) is 74.8 Å². The molecule has 1 aliphatic carbocycles. The molecule has 0 amide bonds. The van der Waals surface area contributed by atoms with E-state index in [1.54, 1.807) is 13.2 Å². The van der Waals surface area contributed by atoms with Crippen LogP contribution in [0.3, 0.4) is 0 Å². The largest absolute Gasteiger partial charge is 0.416 e. The van der Waals surface area contributed by atoms with Crippen molar-refractivity contribution in [2.45, 2.75) is 58.2 Å². The third-order valence-corrected chi connectivity index (χ3v) is 7.67. The molecule has 2 heterocycles. The molecule has 0 spiro atoms. The van der Waals surface area contributed by atoms with E-state index < -0.39 is 17.8 Å². The lowest BCUT2D eigenvalue weighted by Gasteiger charge is -2.35. The van der Waals surface area contributed by atoms with E-state index in [1.807, 2.05) is 13.8 Å². The van der Waals surface area contributed by atoms with Crippen LogP contribution in [0.25, 0.3) is 10.9 Å². The van der Waals surface area contributed by atoms with Crippen LogP contribution >= 0.6 is 0 Å². The van der Waals surface area contributed by atoms with E-state index in [4.69, 9.17) is 20.4 Å². The first-order valence-electron chi connectivity index (χ1n) is 12.9. The van der Waals surface area contributed by atoms with Crippen molar-refractivity contribution >= 4 is 28.1 Å². The molecule has 1 aromatic heterocycles. The number of nitrogens with two attached hydrogens (primary N) is 1. The number of halogens is 3. The molecule has 37 heavy (non-hydrogen) atoms. The Morgan fingerprint density at radius 2 is 1.84 bits per heavy atom. The third-order valence-electron chi connectivity index (χ3n) is 7.67. The minimum absolute atomic E-state index is 0.0826. The molecule has 3 aromatic rings. The Morgan fingerprint density at radius 1 is 1.11 bits per heavy atom. The van der Waals surface area contributed by atoms with Gasteiger partial charge in [0.1, 0.15) is 11.6 Å². The van der Waals surface area contributed by atoms with Crippen LogP contribution in [0.5, 0.6) is 0 Å². The number of aromatic nitrogens is 2. The lowest BCUT2D eigenvalue weighted by atomic mass is 9.95. The fourth-order valence-electron chi connectivity index (χ4n) is 5.81. The van der Waals surface area contributed by atoms with Gasteiger partial charge in [0, 0.05) is 43.6 Å². The van der Waals surface area contributed by atoms with Gasteiger partial charge in [-0.25, -0.2) is 9.97 Å². The maximum Gasteiger partial charge on any atom is 0.416 e. The van der Waals surface area contributed by atoms with Crippen LogP contribution in [0.2, 0.25) is 0 Å². The molecule has 6 nitrogen and oxygen atoms in total. The zero-order valence-electron chi connectivity index (χ0n) is 21.6. The topological polar surface area (TPSA) is 76.3 Å².